The lowest BCUT2D eigenvalue weighted by Gasteiger charge is -2.33. The van der Waals surface area contributed by atoms with E-state index >= 15 is 0 Å². The van der Waals surface area contributed by atoms with E-state index in [1.807, 2.05) is 0 Å². The second-order valence-corrected chi connectivity index (χ2v) is 6.61. The molecule has 0 heterocycles. The Morgan fingerprint density at radius 2 is 1.74 bits per heavy atom. The van der Waals surface area contributed by atoms with Crippen LogP contribution in [0.25, 0.3) is 0 Å². The molecule has 0 aliphatic heterocycles. The van der Waals surface area contributed by atoms with Gasteiger partial charge in [-0.15, -0.1) is 24.0 Å². The van der Waals surface area contributed by atoms with Crippen molar-refractivity contribution >= 4 is 29.9 Å². The minimum absolute atomic E-state index is 0. The van der Waals surface area contributed by atoms with Crippen LogP contribution < -0.4 is 10.6 Å². The molecule has 2 N–H and O–H groups in total. The predicted octanol–water partition coefficient (Wildman–Crippen LogP) is 3.09. The van der Waals surface area contributed by atoms with Crippen molar-refractivity contribution in [2.24, 2.45) is 16.8 Å². The number of hydrogen-bond donors (Lipinski definition) is 2. The Kier molecular flexibility index (Phi) is 10.5. The average Bonchev–Trinajstić information content (AvgIpc) is 2.34. The molecule has 0 bridgehead atoms. The zero-order valence-electron chi connectivity index (χ0n) is 14.4. The molecule has 4 nitrogen and oxygen atoms in total. The second-order valence-electron chi connectivity index (χ2n) is 6.61. The van der Waals surface area contributed by atoms with Crippen molar-refractivity contribution in [2.75, 3.05) is 33.7 Å². The molecule has 138 valence electrons. The Labute approximate surface area is 154 Å². The van der Waals surface area contributed by atoms with Crippen LogP contribution in [0.4, 0.5) is 13.2 Å². The molecule has 1 aliphatic rings. The summed E-state index contributed by atoms with van der Waals surface area (Å²) in [6, 6.07) is 0.387. The predicted molar refractivity (Wildman–Crippen MR) is 99.4 cm³/mol. The summed E-state index contributed by atoms with van der Waals surface area (Å²) in [6.07, 6.45) is -0.673. The van der Waals surface area contributed by atoms with Gasteiger partial charge in [0.05, 0.1) is 6.54 Å². The third-order valence-corrected chi connectivity index (χ3v) is 3.98. The monoisotopic (exact) mass is 450 g/mol. The summed E-state index contributed by atoms with van der Waals surface area (Å²) >= 11 is 0. The number of guanidine groups is 1. The minimum atomic E-state index is -4.15. The third-order valence-electron chi connectivity index (χ3n) is 3.98. The molecule has 8 heteroatoms. The maximum absolute atomic E-state index is 12.2. The molecule has 0 saturated heterocycles. The van der Waals surface area contributed by atoms with Crippen LogP contribution >= 0.6 is 24.0 Å². The molecule has 0 aromatic rings. The summed E-state index contributed by atoms with van der Waals surface area (Å²) in [7, 11) is 3.15. The SMILES string of the molecule is CN=C(NCCN(C)CC(F)(F)F)NC1CC(C)CC(C)C1.I. The molecule has 2 unspecified atom stereocenters. The van der Waals surface area contributed by atoms with Crippen LogP contribution in [0.15, 0.2) is 4.99 Å². The summed E-state index contributed by atoms with van der Waals surface area (Å²) in [5.74, 6) is 2.06. The number of alkyl halides is 3. The highest BCUT2D eigenvalue weighted by molar-refractivity contribution is 14.0. The van der Waals surface area contributed by atoms with Gasteiger partial charge < -0.3 is 10.6 Å². The summed E-state index contributed by atoms with van der Waals surface area (Å²) < 4.78 is 36.7. The number of halogens is 4. The second kappa shape index (κ2) is 10.6. The first-order valence-corrected chi connectivity index (χ1v) is 7.92. The molecule has 0 spiro atoms. The van der Waals surface area contributed by atoms with Crippen molar-refractivity contribution in [1.82, 2.24) is 15.5 Å². The highest BCUT2D eigenvalue weighted by atomic mass is 127. The van der Waals surface area contributed by atoms with Crippen LogP contribution in [0.1, 0.15) is 33.1 Å². The van der Waals surface area contributed by atoms with Gasteiger partial charge in [0.2, 0.25) is 0 Å². The van der Waals surface area contributed by atoms with E-state index in [1.165, 1.54) is 18.4 Å². The van der Waals surface area contributed by atoms with Crippen LogP contribution in [-0.2, 0) is 0 Å². The van der Waals surface area contributed by atoms with Crippen molar-refractivity contribution in [3.05, 3.63) is 0 Å². The van der Waals surface area contributed by atoms with E-state index < -0.39 is 12.7 Å². The fraction of sp³-hybridized carbons (Fsp3) is 0.933. The highest BCUT2D eigenvalue weighted by Gasteiger charge is 2.29. The van der Waals surface area contributed by atoms with Gasteiger partial charge in [0.25, 0.3) is 0 Å². The molecular formula is C15H30F3IN4. The van der Waals surface area contributed by atoms with E-state index in [9.17, 15) is 13.2 Å². The van der Waals surface area contributed by atoms with Crippen LogP contribution in [0.5, 0.6) is 0 Å². The molecule has 0 aromatic heterocycles. The van der Waals surface area contributed by atoms with E-state index in [4.69, 9.17) is 0 Å². The van der Waals surface area contributed by atoms with Crippen LogP contribution in [0, 0.1) is 11.8 Å². The Morgan fingerprint density at radius 3 is 2.22 bits per heavy atom. The van der Waals surface area contributed by atoms with Crippen molar-refractivity contribution < 1.29 is 13.2 Å². The molecule has 0 radical (unpaired) electrons. The van der Waals surface area contributed by atoms with Gasteiger partial charge in [0.1, 0.15) is 0 Å². The first kappa shape index (κ1) is 22.8. The van der Waals surface area contributed by atoms with E-state index in [1.54, 1.807) is 7.05 Å². The lowest BCUT2D eigenvalue weighted by atomic mass is 9.80. The van der Waals surface area contributed by atoms with Crippen molar-refractivity contribution in [2.45, 2.75) is 45.3 Å². The van der Waals surface area contributed by atoms with Crippen LogP contribution in [0.3, 0.4) is 0 Å². The normalized spacial score (nSPS) is 25.9. The van der Waals surface area contributed by atoms with E-state index in [-0.39, 0.29) is 24.0 Å². The molecule has 2 atom stereocenters. The standard InChI is InChI=1S/C15H29F3N4.HI/c1-11-7-12(2)9-13(8-11)21-14(19-3)20-5-6-22(4)10-15(16,17)18;/h11-13H,5-10H2,1-4H3,(H2,19,20,21);1H. The lowest BCUT2D eigenvalue weighted by molar-refractivity contribution is -0.142. The highest BCUT2D eigenvalue weighted by Crippen LogP contribution is 2.28. The summed E-state index contributed by atoms with van der Waals surface area (Å²) in [5, 5.41) is 6.48. The number of nitrogens with zero attached hydrogens (tertiary/aromatic N) is 2. The van der Waals surface area contributed by atoms with Gasteiger partial charge >= 0.3 is 6.18 Å². The number of likely N-dealkylation sites (N-methyl/N-ethyl adjacent to an activating group) is 1. The average molecular weight is 450 g/mol. The van der Waals surface area contributed by atoms with Crippen molar-refractivity contribution in [3.8, 4) is 0 Å². The van der Waals surface area contributed by atoms with E-state index in [0.29, 0.717) is 36.9 Å². The zero-order valence-corrected chi connectivity index (χ0v) is 16.7. The van der Waals surface area contributed by atoms with E-state index in [2.05, 4.69) is 29.5 Å². The Morgan fingerprint density at radius 1 is 1.17 bits per heavy atom. The molecule has 1 fully saturated rings. The third kappa shape index (κ3) is 10.3. The maximum atomic E-state index is 12.2. The Hall–Kier alpha value is -0.250. The number of aliphatic imine (C=N–C) groups is 1. The molecule has 0 aromatic carbocycles. The van der Waals surface area contributed by atoms with Gasteiger partial charge in [-0.3, -0.25) is 9.89 Å². The fourth-order valence-electron chi connectivity index (χ4n) is 3.20. The summed E-state index contributed by atoms with van der Waals surface area (Å²) in [4.78, 5) is 5.41. The molecule has 1 saturated carbocycles. The van der Waals surface area contributed by atoms with Crippen LogP contribution in [0.2, 0.25) is 0 Å². The first-order chi connectivity index (χ1) is 10.2. The Balaban J connectivity index is 0.00000484. The maximum Gasteiger partial charge on any atom is 0.401 e. The van der Waals surface area contributed by atoms with Gasteiger partial charge in [-0.25, -0.2) is 0 Å². The lowest BCUT2D eigenvalue weighted by Crippen LogP contribution is -2.48. The summed E-state index contributed by atoms with van der Waals surface area (Å²) in [6.45, 7) is 4.37. The van der Waals surface area contributed by atoms with E-state index in [0.717, 1.165) is 12.8 Å². The number of hydrogen-bond acceptors (Lipinski definition) is 2. The Bertz CT molecular complexity index is 353. The molecular weight excluding hydrogens is 420 g/mol. The minimum Gasteiger partial charge on any atom is -0.355 e. The van der Waals surface area contributed by atoms with Gasteiger partial charge in [-0.2, -0.15) is 13.2 Å². The van der Waals surface area contributed by atoms with Gasteiger partial charge in [0, 0.05) is 26.2 Å². The van der Waals surface area contributed by atoms with Gasteiger partial charge in [-0.1, -0.05) is 13.8 Å². The smallest absolute Gasteiger partial charge is 0.355 e. The number of nitrogens with one attached hydrogen (secondary N) is 2. The zero-order chi connectivity index (χ0) is 16.8. The van der Waals surface area contributed by atoms with Crippen molar-refractivity contribution in [3.63, 3.8) is 0 Å². The molecule has 0 amide bonds. The number of rotatable bonds is 5. The van der Waals surface area contributed by atoms with Crippen LogP contribution in [-0.4, -0.2) is 56.8 Å². The largest absolute Gasteiger partial charge is 0.401 e. The van der Waals surface area contributed by atoms with Crippen molar-refractivity contribution in [1.29, 1.82) is 0 Å². The van der Waals surface area contributed by atoms with Gasteiger partial charge in [0.15, 0.2) is 5.96 Å². The quantitative estimate of drug-likeness (QED) is 0.384. The topological polar surface area (TPSA) is 39.7 Å². The van der Waals surface area contributed by atoms with Gasteiger partial charge in [-0.05, 0) is 38.1 Å². The molecule has 1 aliphatic carbocycles. The molecule has 23 heavy (non-hydrogen) atoms. The molecule has 1 rings (SSSR count). The fourth-order valence-corrected chi connectivity index (χ4v) is 3.20. The first-order valence-electron chi connectivity index (χ1n) is 7.92. The summed E-state index contributed by atoms with van der Waals surface area (Å²) in [5.41, 5.74) is 0.